The smallest absolute Gasteiger partial charge is 0.393 e. The summed E-state index contributed by atoms with van der Waals surface area (Å²) in [7, 11) is 0. The number of fused-ring (bicyclic) bond motifs is 1. The number of carbonyl (C=O) groups is 1. The maximum Gasteiger partial charge on any atom is 0.417 e. The molecule has 1 fully saturated rings. The van der Waals surface area contributed by atoms with Crippen LogP contribution < -0.4 is 5.73 Å². The molecule has 0 saturated heterocycles. The summed E-state index contributed by atoms with van der Waals surface area (Å²) in [5.74, 6) is 0.153. The Morgan fingerprint density at radius 3 is 2.67 bits per heavy atom. The van der Waals surface area contributed by atoms with Crippen LogP contribution in [0.25, 0.3) is 10.9 Å². The van der Waals surface area contributed by atoms with E-state index in [9.17, 15) is 23.1 Å². The second-order valence-corrected chi connectivity index (χ2v) is 8.54. The van der Waals surface area contributed by atoms with E-state index in [-0.39, 0.29) is 18.5 Å². The lowest BCUT2D eigenvalue weighted by molar-refractivity contribution is -0.137. The lowest BCUT2D eigenvalue weighted by Crippen LogP contribution is -2.43. The SMILES string of the molecule is Cc1cc2cc(C(=O)N(Cc3ccc(C(F)(F)F)cn3)[C@H]3CCC[C@@H](O)C3)ccc2nc1N. The van der Waals surface area contributed by atoms with Crippen LogP contribution in [0.1, 0.15) is 52.9 Å². The number of amides is 1. The van der Waals surface area contributed by atoms with Gasteiger partial charge in [0.15, 0.2) is 0 Å². The highest BCUT2D eigenvalue weighted by molar-refractivity contribution is 5.98. The van der Waals surface area contributed by atoms with Gasteiger partial charge in [-0.05, 0) is 74.6 Å². The lowest BCUT2D eigenvalue weighted by atomic mass is 9.91. The van der Waals surface area contributed by atoms with Crippen molar-refractivity contribution in [1.29, 1.82) is 0 Å². The van der Waals surface area contributed by atoms with Crippen LogP contribution in [0.15, 0.2) is 42.6 Å². The monoisotopic (exact) mass is 458 g/mol. The molecular formula is C24H25F3N4O2. The van der Waals surface area contributed by atoms with Crippen LogP contribution in [-0.4, -0.2) is 38.0 Å². The van der Waals surface area contributed by atoms with Gasteiger partial charge >= 0.3 is 6.18 Å². The molecule has 1 aromatic carbocycles. The highest BCUT2D eigenvalue weighted by Gasteiger charge is 2.32. The van der Waals surface area contributed by atoms with Gasteiger partial charge in [-0.3, -0.25) is 9.78 Å². The number of halogens is 3. The molecule has 2 aromatic heterocycles. The minimum absolute atomic E-state index is 0.0470. The van der Waals surface area contributed by atoms with Gasteiger partial charge in [-0.1, -0.05) is 0 Å². The Labute approximate surface area is 189 Å². The van der Waals surface area contributed by atoms with Crippen molar-refractivity contribution >= 4 is 22.6 Å². The Hall–Kier alpha value is -3.20. The first-order valence-corrected chi connectivity index (χ1v) is 10.8. The maximum atomic E-state index is 13.6. The summed E-state index contributed by atoms with van der Waals surface area (Å²) < 4.78 is 38.7. The molecule has 1 aliphatic carbocycles. The molecule has 174 valence electrons. The third-order valence-electron chi connectivity index (χ3n) is 6.10. The summed E-state index contributed by atoms with van der Waals surface area (Å²) in [6.07, 6.45) is -1.68. The number of nitrogens with two attached hydrogens (primary N) is 1. The number of carbonyl (C=O) groups excluding carboxylic acids is 1. The zero-order valence-corrected chi connectivity index (χ0v) is 18.1. The molecule has 0 spiro atoms. The van der Waals surface area contributed by atoms with Gasteiger partial charge in [-0.25, -0.2) is 4.98 Å². The molecule has 0 radical (unpaired) electrons. The molecule has 0 aliphatic heterocycles. The van der Waals surface area contributed by atoms with Crippen LogP contribution in [0.4, 0.5) is 19.0 Å². The van der Waals surface area contributed by atoms with Crippen LogP contribution >= 0.6 is 0 Å². The van der Waals surface area contributed by atoms with Crippen molar-refractivity contribution in [2.75, 3.05) is 5.73 Å². The predicted molar refractivity (Wildman–Crippen MR) is 118 cm³/mol. The van der Waals surface area contributed by atoms with Crippen molar-refractivity contribution < 1.29 is 23.1 Å². The van der Waals surface area contributed by atoms with Gasteiger partial charge in [-0.2, -0.15) is 13.2 Å². The number of hydrogen-bond donors (Lipinski definition) is 2. The van der Waals surface area contributed by atoms with E-state index in [0.29, 0.717) is 41.9 Å². The number of hydrogen-bond acceptors (Lipinski definition) is 5. The van der Waals surface area contributed by atoms with Crippen LogP contribution in [0, 0.1) is 6.92 Å². The fraction of sp³-hybridized carbons (Fsp3) is 0.375. The summed E-state index contributed by atoms with van der Waals surface area (Å²) in [4.78, 5) is 23.5. The summed E-state index contributed by atoms with van der Waals surface area (Å²) in [6, 6.07) is 9.01. The Balaban J connectivity index is 1.66. The number of pyridine rings is 2. The third-order valence-corrected chi connectivity index (χ3v) is 6.10. The van der Waals surface area contributed by atoms with E-state index in [1.807, 2.05) is 13.0 Å². The van der Waals surface area contributed by atoms with Gasteiger partial charge in [-0.15, -0.1) is 0 Å². The van der Waals surface area contributed by atoms with E-state index < -0.39 is 17.8 Å². The van der Waals surface area contributed by atoms with Gasteiger partial charge in [0.2, 0.25) is 0 Å². The Kier molecular flexibility index (Phi) is 6.25. The number of rotatable bonds is 4. The molecule has 33 heavy (non-hydrogen) atoms. The van der Waals surface area contributed by atoms with E-state index in [0.717, 1.165) is 29.6 Å². The van der Waals surface area contributed by atoms with Crippen LogP contribution in [0.3, 0.4) is 0 Å². The summed E-state index contributed by atoms with van der Waals surface area (Å²) in [5, 5.41) is 10.9. The number of nitrogen functional groups attached to an aromatic ring is 1. The van der Waals surface area contributed by atoms with Crippen LogP contribution in [0.2, 0.25) is 0 Å². The minimum atomic E-state index is -4.48. The number of benzene rings is 1. The Morgan fingerprint density at radius 2 is 2.00 bits per heavy atom. The number of aliphatic hydroxyl groups excluding tert-OH is 1. The summed E-state index contributed by atoms with van der Waals surface area (Å²) >= 11 is 0. The molecule has 1 amide bonds. The van der Waals surface area contributed by atoms with Crippen molar-refractivity contribution in [3.63, 3.8) is 0 Å². The standard InChI is InChI=1S/C24H25F3N4O2/c1-14-9-16-10-15(5-8-21(16)30-22(14)28)23(33)31(19-3-2-4-20(32)11-19)13-18-7-6-17(12-29-18)24(25,26)27/h5-10,12,19-20,32H,2-4,11,13H2,1H3,(H2,28,30)/t19-,20+/m0/s1. The fourth-order valence-electron chi connectivity index (χ4n) is 4.24. The quantitative estimate of drug-likeness (QED) is 0.601. The number of aromatic nitrogens is 2. The topological polar surface area (TPSA) is 92.3 Å². The third kappa shape index (κ3) is 5.08. The molecule has 6 nitrogen and oxygen atoms in total. The Bertz CT molecular complexity index is 1160. The molecule has 3 N–H and O–H groups in total. The van der Waals surface area contributed by atoms with Gasteiger partial charge in [0, 0.05) is 23.2 Å². The average Bonchev–Trinajstić information content (AvgIpc) is 2.77. The molecule has 0 bridgehead atoms. The van der Waals surface area contributed by atoms with E-state index in [1.54, 1.807) is 23.1 Å². The Morgan fingerprint density at radius 1 is 1.21 bits per heavy atom. The number of aryl methyl sites for hydroxylation is 1. The van der Waals surface area contributed by atoms with Gasteiger partial charge in [0.05, 0.1) is 29.4 Å². The lowest BCUT2D eigenvalue weighted by Gasteiger charge is -2.36. The molecule has 2 atom stereocenters. The van der Waals surface area contributed by atoms with Crippen LogP contribution in [0.5, 0.6) is 0 Å². The van der Waals surface area contributed by atoms with Gasteiger partial charge in [0.25, 0.3) is 5.91 Å². The highest BCUT2D eigenvalue weighted by Crippen LogP contribution is 2.30. The first-order valence-electron chi connectivity index (χ1n) is 10.8. The fourth-order valence-corrected chi connectivity index (χ4v) is 4.24. The second kappa shape index (κ2) is 8.97. The average molecular weight is 458 g/mol. The first kappa shape index (κ1) is 23.0. The second-order valence-electron chi connectivity index (χ2n) is 8.54. The van der Waals surface area contributed by atoms with Crippen LogP contribution in [-0.2, 0) is 12.7 Å². The zero-order valence-electron chi connectivity index (χ0n) is 18.1. The van der Waals surface area contributed by atoms with E-state index >= 15 is 0 Å². The molecule has 2 heterocycles. The number of aliphatic hydroxyl groups is 1. The van der Waals surface area contributed by atoms with Gasteiger partial charge in [0.1, 0.15) is 5.82 Å². The predicted octanol–water partition coefficient (Wildman–Crippen LogP) is 4.49. The first-order chi connectivity index (χ1) is 15.6. The van der Waals surface area contributed by atoms with E-state index in [4.69, 9.17) is 5.73 Å². The normalized spacial score (nSPS) is 18.9. The molecule has 4 rings (SSSR count). The number of alkyl halides is 3. The molecule has 9 heteroatoms. The molecule has 0 unspecified atom stereocenters. The zero-order chi connectivity index (χ0) is 23.8. The largest absolute Gasteiger partial charge is 0.417 e. The summed E-state index contributed by atoms with van der Waals surface area (Å²) in [5.41, 5.74) is 7.28. The number of anilines is 1. The highest BCUT2D eigenvalue weighted by atomic mass is 19.4. The van der Waals surface area contributed by atoms with Crippen molar-refractivity contribution in [2.24, 2.45) is 0 Å². The van der Waals surface area contributed by atoms with Crippen molar-refractivity contribution in [3.05, 3.63) is 65.0 Å². The van der Waals surface area contributed by atoms with E-state index in [2.05, 4.69) is 9.97 Å². The van der Waals surface area contributed by atoms with Crippen molar-refractivity contribution in [3.8, 4) is 0 Å². The van der Waals surface area contributed by atoms with Crippen molar-refractivity contribution in [2.45, 2.75) is 57.5 Å². The van der Waals surface area contributed by atoms with Crippen molar-refractivity contribution in [1.82, 2.24) is 14.9 Å². The van der Waals surface area contributed by atoms with E-state index in [1.165, 1.54) is 6.07 Å². The molecule has 1 aliphatic rings. The summed E-state index contributed by atoms with van der Waals surface area (Å²) in [6.45, 7) is 1.88. The number of nitrogens with zero attached hydrogens (tertiary/aromatic N) is 3. The minimum Gasteiger partial charge on any atom is -0.393 e. The molecule has 3 aromatic rings. The van der Waals surface area contributed by atoms with Gasteiger partial charge < -0.3 is 15.7 Å². The maximum absolute atomic E-state index is 13.6. The molecular weight excluding hydrogens is 433 g/mol. The molecule has 1 saturated carbocycles.